The van der Waals surface area contributed by atoms with Gasteiger partial charge in [-0.05, 0) is 35.7 Å². The molecule has 1 atom stereocenters. The molecule has 1 unspecified atom stereocenters. The van der Waals surface area contributed by atoms with E-state index in [1.165, 1.54) is 35.6 Å². The van der Waals surface area contributed by atoms with Crippen LogP contribution >= 0.6 is 0 Å². The predicted octanol–water partition coefficient (Wildman–Crippen LogP) is 4.55. The minimum atomic E-state index is 0.617. The van der Waals surface area contributed by atoms with Crippen molar-refractivity contribution in [1.82, 2.24) is 5.32 Å². The molecule has 0 aliphatic carbocycles. The second-order valence-electron chi connectivity index (χ2n) is 5.28. The number of hydrogen-bond donors (Lipinski definition) is 1. The van der Waals surface area contributed by atoms with Crippen molar-refractivity contribution in [1.29, 1.82) is 0 Å². The van der Waals surface area contributed by atoms with Crippen LogP contribution < -0.4 is 5.32 Å². The van der Waals surface area contributed by atoms with Gasteiger partial charge in [-0.1, -0.05) is 69.2 Å². The Balaban J connectivity index is 2.09. The lowest BCUT2D eigenvalue weighted by Gasteiger charge is -2.18. The third-order valence-electron chi connectivity index (χ3n) is 3.69. The van der Waals surface area contributed by atoms with Crippen molar-refractivity contribution in [2.24, 2.45) is 0 Å². The number of benzene rings is 2. The van der Waals surface area contributed by atoms with Crippen molar-refractivity contribution in [3.8, 4) is 0 Å². The van der Waals surface area contributed by atoms with E-state index in [1.54, 1.807) is 0 Å². The van der Waals surface area contributed by atoms with Gasteiger partial charge in [-0.25, -0.2) is 0 Å². The van der Waals surface area contributed by atoms with E-state index in [1.807, 2.05) is 0 Å². The Labute approximate surface area is 117 Å². The normalized spacial score (nSPS) is 12.7. The van der Waals surface area contributed by atoms with Gasteiger partial charge in [-0.3, -0.25) is 0 Å². The van der Waals surface area contributed by atoms with E-state index in [9.17, 15) is 0 Å². The molecule has 0 fully saturated rings. The molecule has 102 valence electrons. The van der Waals surface area contributed by atoms with E-state index in [4.69, 9.17) is 0 Å². The van der Waals surface area contributed by atoms with Gasteiger partial charge < -0.3 is 5.32 Å². The predicted molar refractivity (Wildman–Crippen MR) is 84.6 cm³/mol. The molecule has 0 radical (unpaired) electrons. The van der Waals surface area contributed by atoms with E-state index in [0.717, 1.165) is 13.0 Å². The van der Waals surface area contributed by atoms with Gasteiger partial charge in [-0.15, -0.1) is 0 Å². The first-order valence-corrected chi connectivity index (χ1v) is 7.54. The smallest absolute Gasteiger partial charge is 0.0107 e. The summed E-state index contributed by atoms with van der Waals surface area (Å²) in [5, 5.41) is 6.30. The average Bonchev–Trinajstić information content (AvgIpc) is 2.45. The fourth-order valence-corrected chi connectivity index (χ4v) is 2.67. The highest BCUT2D eigenvalue weighted by atomic mass is 14.9. The summed E-state index contributed by atoms with van der Waals surface area (Å²) in [5.74, 6) is 0. The van der Waals surface area contributed by atoms with E-state index in [-0.39, 0.29) is 0 Å². The lowest BCUT2D eigenvalue weighted by Crippen LogP contribution is -2.30. The summed E-state index contributed by atoms with van der Waals surface area (Å²) >= 11 is 0. The Bertz CT molecular complexity index is 504. The van der Waals surface area contributed by atoms with Gasteiger partial charge in [0.25, 0.3) is 0 Å². The van der Waals surface area contributed by atoms with Crippen LogP contribution in [0.25, 0.3) is 10.8 Å². The molecule has 0 aliphatic heterocycles. The largest absolute Gasteiger partial charge is 0.314 e. The van der Waals surface area contributed by atoms with Gasteiger partial charge in [0.05, 0.1) is 0 Å². The minimum Gasteiger partial charge on any atom is -0.314 e. The van der Waals surface area contributed by atoms with Crippen LogP contribution in [-0.2, 0) is 6.42 Å². The van der Waals surface area contributed by atoms with Crippen LogP contribution in [0.1, 0.15) is 38.7 Å². The van der Waals surface area contributed by atoms with Crippen LogP contribution in [0.15, 0.2) is 42.5 Å². The molecule has 0 saturated heterocycles. The molecule has 2 aromatic carbocycles. The maximum Gasteiger partial charge on any atom is 0.0107 e. The topological polar surface area (TPSA) is 12.0 Å². The van der Waals surface area contributed by atoms with Gasteiger partial charge in [0.2, 0.25) is 0 Å². The monoisotopic (exact) mass is 255 g/mol. The quantitative estimate of drug-likeness (QED) is 0.765. The number of rotatable bonds is 7. The lowest BCUT2D eigenvalue weighted by atomic mass is 9.98. The van der Waals surface area contributed by atoms with E-state index >= 15 is 0 Å². The zero-order valence-electron chi connectivity index (χ0n) is 12.2. The first kappa shape index (κ1) is 14.1. The van der Waals surface area contributed by atoms with Gasteiger partial charge in [0.1, 0.15) is 0 Å². The summed E-state index contributed by atoms with van der Waals surface area (Å²) in [6.07, 6.45) is 5.00. The first-order chi connectivity index (χ1) is 9.33. The summed E-state index contributed by atoms with van der Waals surface area (Å²) in [4.78, 5) is 0. The van der Waals surface area contributed by atoms with Crippen LogP contribution in [0.2, 0.25) is 0 Å². The Hall–Kier alpha value is -1.34. The molecule has 0 bridgehead atoms. The molecule has 0 aliphatic rings. The van der Waals surface area contributed by atoms with Gasteiger partial charge >= 0.3 is 0 Å². The van der Waals surface area contributed by atoms with Crippen LogP contribution in [0.5, 0.6) is 0 Å². The maximum absolute atomic E-state index is 3.61. The van der Waals surface area contributed by atoms with Crippen molar-refractivity contribution in [3.05, 3.63) is 48.0 Å². The fourth-order valence-electron chi connectivity index (χ4n) is 2.67. The Kier molecular flexibility index (Phi) is 5.41. The zero-order valence-corrected chi connectivity index (χ0v) is 12.2. The second kappa shape index (κ2) is 7.30. The number of likely N-dealkylation sites (N-methyl/N-ethyl adjacent to an activating group) is 1. The number of unbranched alkanes of at least 4 members (excludes halogenated alkanes) is 1. The number of hydrogen-bond acceptors (Lipinski definition) is 1. The van der Waals surface area contributed by atoms with Crippen LogP contribution in [0, 0.1) is 0 Å². The molecule has 1 N–H and O–H groups in total. The first-order valence-electron chi connectivity index (χ1n) is 7.54. The molecular formula is C18H25N. The summed E-state index contributed by atoms with van der Waals surface area (Å²) in [6, 6.07) is 16.1. The van der Waals surface area contributed by atoms with Crippen LogP contribution in [0.4, 0.5) is 0 Å². The lowest BCUT2D eigenvalue weighted by molar-refractivity contribution is 0.473. The SMILES string of the molecule is CCCCC(Cc1ccc2ccccc2c1)NCC. The van der Waals surface area contributed by atoms with Gasteiger partial charge in [-0.2, -0.15) is 0 Å². The van der Waals surface area contributed by atoms with Crippen molar-refractivity contribution in [3.63, 3.8) is 0 Å². The molecule has 0 heterocycles. The third kappa shape index (κ3) is 4.07. The maximum atomic E-state index is 3.61. The van der Waals surface area contributed by atoms with Crippen molar-refractivity contribution < 1.29 is 0 Å². The minimum absolute atomic E-state index is 0.617. The highest BCUT2D eigenvalue weighted by molar-refractivity contribution is 5.82. The molecule has 1 nitrogen and oxygen atoms in total. The Morgan fingerprint density at radius 3 is 2.53 bits per heavy atom. The van der Waals surface area contributed by atoms with Crippen molar-refractivity contribution in [2.45, 2.75) is 45.6 Å². The molecular weight excluding hydrogens is 230 g/mol. The van der Waals surface area contributed by atoms with Gasteiger partial charge in [0, 0.05) is 6.04 Å². The van der Waals surface area contributed by atoms with E-state index in [0.29, 0.717) is 6.04 Å². The molecule has 2 aromatic rings. The molecule has 0 aromatic heterocycles. The Morgan fingerprint density at radius 1 is 1.00 bits per heavy atom. The molecule has 0 spiro atoms. The third-order valence-corrected chi connectivity index (χ3v) is 3.69. The fraction of sp³-hybridized carbons (Fsp3) is 0.444. The second-order valence-corrected chi connectivity index (χ2v) is 5.28. The summed E-state index contributed by atoms with van der Waals surface area (Å²) < 4.78 is 0. The summed E-state index contributed by atoms with van der Waals surface area (Å²) in [5.41, 5.74) is 1.45. The highest BCUT2D eigenvalue weighted by Gasteiger charge is 2.08. The Morgan fingerprint density at radius 2 is 1.79 bits per heavy atom. The van der Waals surface area contributed by atoms with Crippen molar-refractivity contribution in [2.75, 3.05) is 6.54 Å². The van der Waals surface area contributed by atoms with Gasteiger partial charge in [0.15, 0.2) is 0 Å². The number of nitrogens with one attached hydrogen (secondary N) is 1. The molecule has 0 saturated carbocycles. The molecule has 2 rings (SSSR count). The summed E-state index contributed by atoms with van der Waals surface area (Å²) in [6.45, 7) is 5.51. The highest BCUT2D eigenvalue weighted by Crippen LogP contribution is 2.17. The molecule has 0 amide bonds. The van der Waals surface area contributed by atoms with Crippen LogP contribution in [-0.4, -0.2) is 12.6 Å². The average molecular weight is 255 g/mol. The van der Waals surface area contributed by atoms with Crippen LogP contribution in [0.3, 0.4) is 0 Å². The van der Waals surface area contributed by atoms with Crippen molar-refractivity contribution >= 4 is 10.8 Å². The summed E-state index contributed by atoms with van der Waals surface area (Å²) in [7, 11) is 0. The number of fused-ring (bicyclic) bond motifs is 1. The molecule has 1 heteroatoms. The standard InChI is InChI=1S/C18H25N/c1-3-5-10-18(19-4-2)14-15-11-12-16-8-6-7-9-17(16)13-15/h6-9,11-13,18-19H,3-5,10,14H2,1-2H3. The molecule has 19 heavy (non-hydrogen) atoms. The van der Waals surface area contributed by atoms with E-state index < -0.39 is 0 Å². The van der Waals surface area contributed by atoms with E-state index in [2.05, 4.69) is 61.6 Å². The zero-order chi connectivity index (χ0) is 13.5.